The quantitative estimate of drug-likeness (QED) is 0.242. The number of pyridine rings is 1. The Morgan fingerprint density at radius 2 is 1.49 bits per heavy atom. The van der Waals surface area contributed by atoms with E-state index in [4.69, 9.17) is 9.90 Å². The lowest BCUT2D eigenvalue weighted by atomic mass is 9.96. The van der Waals surface area contributed by atoms with Crippen LogP contribution in [0, 0.1) is 19.6 Å². The van der Waals surface area contributed by atoms with E-state index in [9.17, 15) is 0 Å². The SMILES string of the molecule is [2H]c1cc(C([2H])([2H])[2H])cc(-c2c(C)ccc3c2oc2c(-c4cccc(-c5ccccc5)c4)c(F)ccc23)[n+]1C. The normalized spacial score (nSPS) is 13.5. The number of fused-ring (bicyclic) bond motifs is 3. The van der Waals surface area contributed by atoms with Crippen LogP contribution in [0.25, 0.3) is 55.4 Å². The van der Waals surface area contributed by atoms with Gasteiger partial charge in [0.25, 0.3) is 0 Å². The molecule has 0 saturated heterocycles. The number of aromatic nitrogens is 1. The summed E-state index contributed by atoms with van der Waals surface area (Å²) < 4.78 is 55.8. The Hall–Kier alpha value is -4.24. The van der Waals surface area contributed by atoms with Gasteiger partial charge in [-0.15, -0.1) is 0 Å². The highest BCUT2D eigenvalue weighted by atomic mass is 19.1. The minimum atomic E-state index is -2.37. The monoisotopic (exact) mass is 462 g/mol. The fourth-order valence-corrected chi connectivity index (χ4v) is 4.81. The first-order valence-corrected chi connectivity index (χ1v) is 11.4. The summed E-state index contributed by atoms with van der Waals surface area (Å²) in [6.07, 6.45) is 0.0654. The van der Waals surface area contributed by atoms with Crippen LogP contribution in [-0.2, 0) is 7.05 Å². The molecule has 6 aromatic rings. The number of aryl methyl sites for hydroxylation is 2. The van der Waals surface area contributed by atoms with Crippen molar-refractivity contribution < 1.29 is 18.9 Å². The van der Waals surface area contributed by atoms with Crippen molar-refractivity contribution in [3.05, 3.63) is 114 Å². The van der Waals surface area contributed by atoms with Crippen LogP contribution in [0.1, 0.15) is 16.6 Å². The highest BCUT2D eigenvalue weighted by molar-refractivity contribution is 6.13. The van der Waals surface area contributed by atoms with E-state index in [0.717, 1.165) is 27.5 Å². The summed E-state index contributed by atoms with van der Waals surface area (Å²) in [7, 11) is 1.72. The molecule has 0 aliphatic rings. The molecule has 0 atom stereocenters. The Kier molecular flexibility index (Phi) is 4.04. The fraction of sp³-hybridized carbons (Fsp3) is 0.0938. The smallest absolute Gasteiger partial charge is 0.216 e. The zero-order valence-corrected chi connectivity index (χ0v) is 19.4. The Morgan fingerprint density at radius 1 is 0.771 bits per heavy atom. The summed E-state index contributed by atoms with van der Waals surface area (Å²) in [5.41, 5.74) is 6.16. The van der Waals surface area contributed by atoms with Gasteiger partial charge in [-0.25, -0.2) is 8.96 Å². The van der Waals surface area contributed by atoms with Gasteiger partial charge in [-0.2, -0.15) is 0 Å². The minimum absolute atomic E-state index is 0.0654. The largest absolute Gasteiger partial charge is 0.454 e. The molecule has 6 rings (SSSR count). The molecule has 2 heterocycles. The molecular formula is C32H25FNO+. The summed E-state index contributed by atoms with van der Waals surface area (Å²) in [4.78, 5) is 0. The predicted molar refractivity (Wildman–Crippen MR) is 141 cm³/mol. The second kappa shape index (κ2) is 8.21. The van der Waals surface area contributed by atoms with E-state index >= 15 is 4.39 Å². The second-order valence-electron chi connectivity index (χ2n) is 8.80. The van der Waals surface area contributed by atoms with Crippen LogP contribution in [0.5, 0.6) is 0 Å². The highest BCUT2D eigenvalue weighted by Crippen LogP contribution is 2.42. The van der Waals surface area contributed by atoms with Gasteiger partial charge in [-0.05, 0) is 59.8 Å². The van der Waals surface area contributed by atoms with Gasteiger partial charge in [-0.1, -0.05) is 60.7 Å². The van der Waals surface area contributed by atoms with E-state index < -0.39 is 12.7 Å². The molecule has 0 spiro atoms. The van der Waals surface area contributed by atoms with Gasteiger partial charge in [0.1, 0.15) is 25.4 Å². The molecule has 4 aromatic carbocycles. The molecule has 0 bridgehead atoms. The molecule has 2 aromatic heterocycles. The lowest BCUT2D eigenvalue weighted by Gasteiger charge is -2.08. The number of halogens is 1. The zero-order chi connectivity index (χ0) is 27.5. The molecule has 0 amide bonds. The number of hydrogen-bond acceptors (Lipinski definition) is 1. The van der Waals surface area contributed by atoms with Crippen LogP contribution < -0.4 is 4.57 Å². The molecule has 35 heavy (non-hydrogen) atoms. The van der Waals surface area contributed by atoms with Crippen molar-refractivity contribution in [1.29, 1.82) is 0 Å². The molecule has 0 aliphatic carbocycles. The van der Waals surface area contributed by atoms with Gasteiger partial charge in [0.15, 0.2) is 6.17 Å². The van der Waals surface area contributed by atoms with E-state index in [2.05, 4.69) is 0 Å². The summed E-state index contributed by atoms with van der Waals surface area (Å²) >= 11 is 0. The summed E-state index contributed by atoms with van der Waals surface area (Å²) in [5, 5.41) is 1.55. The first-order valence-electron chi connectivity index (χ1n) is 13.4. The Morgan fingerprint density at radius 3 is 2.29 bits per heavy atom. The average Bonchev–Trinajstić information content (AvgIpc) is 3.28. The van der Waals surface area contributed by atoms with Crippen LogP contribution in [0.2, 0.25) is 0 Å². The third-order valence-electron chi connectivity index (χ3n) is 6.55. The molecule has 0 fully saturated rings. The summed E-state index contributed by atoms with van der Waals surface area (Å²) in [6.45, 7) is -0.451. The van der Waals surface area contributed by atoms with Crippen molar-refractivity contribution in [2.75, 3.05) is 0 Å². The molecular weight excluding hydrogens is 433 g/mol. The molecule has 0 radical (unpaired) electrons. The van der Waals surface area contributed by atoms with E-state index in [1.807, 2.05) is 73.7 Å². The summed E-state index contributed by atoms with van der Waals surface area (Å²) in [5.74, 6) is -0.395. The molecule has 0 aliphatic heterocycles. The van der Waals surface area contributed by atoms with Crippen molar-refractivity contribution in [2.45, 2.75) is 13.8 Å². The van der Waals surface area contributed by atoms with Crippen molar-refractivity contribution >= 4 is 21.9 Å². The Labute approximate surface area is 209 Å². The summed E-state index contributed by atoms with van der Waals surface area (Å²) in [6, 6.07) is 27.7. The number of rotatable bonds is 3. The Balaban J connectivity index is 1.64. The van der Waals surface area contributed by atoms with Gasteiger partial charge < -0.3 is 4.42 Å². The van der Waals surface area contributed by atoms with Crippen molar-refractivity contribution in [3.63, 3.8) is 0 Å². The zero-order valence-electron chi connectivity index (χ0n) is 23.4. The lowest BCUT2D eigenvalue weighted by molar-refractivity contribution is -0.660. The molecule has 0 saturated carbocycles. The minimum Gasteiger partial charge on any atom is -0.454 e. The predicted octanol–water partition coefficient (Wildman–Crippen LogP) is 8.17. The van der Waals surface area contributed by atoms with Gasteiger partial charge in [0.05, 0.1) is 11.1 Å². The number of benzene rings is 4. The maximum absolute atomic E-state index is 15.5. The van der Waals surface area contributed by atoms with Crippen LogP contribution in [-0.4, -0.2) is 0 Å². The lowest BCUT2D eigenvalue weighted by Crippen LogP contribution is -2.30. The van der Waals surface area contributed by atoms with Crippen molar-refractivity contribution in [2.24, 2.45) is 7.05 Å². The van der Waals surface area contributed by atoms with Crippen LogP contribution in [0.3, 0.4) is 0 Å². The van der Waals surface area contributed by atoms with E-state index in [0.29, 0.717) is 33.6 Å². The second-order valence-corrected chi connectivity index (χ2v) is 8.80. The van der Waals surface area contributed by atoms with Crippen LogP contribution in [0.4, 0.5) is 4.39 Å². The molecule has 0 unspecified atom stereocenters. The van der Waals surface area contributed by atoms with Crippen molar-refractivity contribution in [3.8, 4) is 33.5 Å². The number of furan rings is 1. The van der Waals surface area contributed by atoms with Gasteiger partial charge in [0, 0.05) is 27.0 Å². The van der Waals surface area contributed by atoms with E-state index in [1.165, 1.54) is 12.1 Å². The number of nitrogens with zero attached hydrogens (tertiary/aromatic N) is 1. The highest BCUT2D eigenvalue weighted by Gasteiger charge is 2.23. The molecule has 0 N–H and O–H groups in total. The van der Waals surface area contributed by atoms with Crippen LogP contribution >= 0.6 is 0 Å². The maximum atomic E-state index is 15.5. The third-order valence-corrected chi connectivity index (χ3v) is 6.55. The topological polar surface area (TPSA) is 17.0 Å². The molecule has 170 valence electrons. The molecule has 2 nitrogen and oxygen atoms in total. The first kappa shape index (κ1) is 17.2. The fourth-order valence-electron chi connectivity index (χ4n) is 4.81. The van der Waals surface area contributed by atoms with Crippen LogP contribution in [0.15, 0.2) is 102 Å². The average molecular weight is 463 g/mol. The molecule has 3 heteroatoms. The Bertz CT molecular complexity index is 1890. The standard InChI is InChI=1S/C32H25FNO/c1-20-16-17-34(3)28(18-20)29-21(2)12-13-25-26-14-15-27(33)30(32(26)35-31(25)29)24-11-7-10-23(19-24)22-8-5-4-6-9-22/h4-19H,1-3H3/q+1/i1D3,17D. The van der Waals surface area contributed by atoms with Gasteiger partial charge in [0.2, 0.25) is 5.69 Å². The van der Waals surface area contributed by atoms with Crippen molar-refractivity contribution in [1.82, 2.24) is 0 Å². The van der Waals surface area contributed by atoms with Gasteiger partial charge >= 0.3 is 0 Å². The maximum Gasteiger partial charge on any atom is 0.216 e. The van der Waals surface area contributed by atoms with Gasteiger partial charge in [-0.3, -0.25) is 0 Å². The van der Waals surface area contributed by atoms with E-state index in [1.54, 1.807) is 23.7 Å². The van der Waals surface area contributed by atoms with E-state index in [-0.39, 0.29) is 11.7 Å². The third kappa shape index (κ3) is 3.52. The number of hydrogen-bond donors (Lipinski definition) is 0. The first-order chi connectivity index (χ1) is 18.6.